The number of anilines is 1. The minimum atomic E-state index is -4.88. The summed E-state index contributed by atoms with van der Waals surface area (Å²) >= 11 is 12.5. The number of carboxylic acids is 1. The lowest BCUT2D eigenvalue weighted by atomic mass is 10.0. The Morgan fingerprint density at radius 1 is 1.29 bits per heavy atom. The van der Waals surface area contributed by atoms with E-state index < -0.39 is 23.8 Å². The molecule has 0 bridgehead atoms. The van der Waals surface area contributed by atoms with E-state index in [1.54, 1.807) is 0 Å². The molecule has 130 valence electrons. The number of fused-ring (bicyclic) bond motifs is 1. The monoisotopic (exact) mass is 381 g/mol. The van der Waals surface area contributed by atoms with Gasteiger partial charge in [0.15, 0.2) is 0 Å². The first kappa shape index (κ1) is 17.2. The molecule has 0 saturated carbocycles. The van der Waals surface area contributed by atoms with E-state index >= 15 is 0 Å². The molecule has 0 radical (unpaired) electrons. The number of carboxylic acid groups (broad SMARTS) is 1. The van der Waals surface area contributed by atoms with Gasteiger partial charge in [-0.25, -0.2) is 4.79 Å². The maximum absolute atomic E-state index is 13.1. The predicted molar refractivity (Wildman–Crippen MR) is 84.0 cm³/mol. The van der Waals surface area contributed by atoms with Gasteiger partial charge in [-0.3, -0.25) is 0 Å². The maximum Gasteiger partial charge on any atom is 0.430 e. The molecule has 1 fully saturated rings. The molecule has 3 rings (SSSR count). The summed E-state index contributed by atoms with van der Waals surface area (Å²) in [6.45, 7) is 1.38. The Kier molecular flexibility index (Phi) is 4.34. The Labute approximate surface area is 145 Å². The quantitative estimate of drug-likeness (QED) is 0.825. The highest BCUT2D eigenvalue weighted by atomic mass is 35.5. The minimum absolute atomic E-state index is 0.0330. The van der Waals surface area contributed by atoms with Gasteiger partial charge < -0.3 is 14.7 Å². The fraction of sp³-hybridized carbons (Fsp3) is 0.400. The van der Waals surface area contributed by atoms with Gasteiger partial charge in [-0.15, -0.1) is 0 Å². The number of hydrogen-bond donors (Lipinski definition) is 1. The van der Waals surface area contributed by atoms with E-state index in [1.807, 2.05) is 4.90 Å². The standard InChI is InChI=1S/C15H12Cl2F3NO3/c16-9-6-7-5-8(14(22)23)13(15(18,19)20)24-12(7)10(17)11(9)21-3-1-2-4-21/h5-6,13H,1-4H2,(H,22,23). The summed E-state index contributed by atoms with van der Waals surface area (Å²) in [5.74, 6) is -1.91. The first-order valence-corrected chi connectivity index (χ1v) is 7.91. The van der Waals surface area contributed by atoms with Crippen LogP contribution < -0.4 is 9.64 Å². The summed E-state index contributed by atoms with van der Waals surface area (Å²) in [4.78, 5) is 13.0. The molecule has 0 spiro atoms. The van der Waals surface area contributed by atoms with E-state index in [0.717, 1.165) is 18.9 Å². The summed E-state index contributed by atoms with van der Waals surface area (Å²) in [7, 11) is 0. The molecule has 1 atom stereocenters. The van der Waals surface area contributed by atoms with Crippen molar-refractivity contribution in [1.82, 2.24) is 0 Å². The van der Waals surface area contributed by atoms with Gasteiger partial charge in [-0.05, 0) is 25.0 Å². The number of nitrogens with zero attached hydrogens (tertiary/aromatic N) is 1. The van der Waals surface area contributed by atoms with Crippen LogP contribution in [0.1, 0.15) is 18.4 Å². The molecule has 1 aromatic rings. The van der Waals surface area contributed by atoms with Crippen molar-refractivity contribution in [2.75, 3.05) is 18.0 Å². The van der Waals surface area contributed by atoms with Crippen molar-refractivity contribution in [1.29, 1.82) is 0 Å². The lowest BCUT2D eigenvalue weighted by Gasteiger charge is -2.30. The molecule has 0 amide bonds. The maximum atomic E-state index is 13.1. The van der Waals surface area contributed by atoms with E-state index in [4.69, 9.17) is 33.0 Å². The molecule has 0 aliphatic carbocycles. The molecule has 1 aromatic carbocycles. The van der Waals surface area contributed by atoms with Gasteiger partial charge in [-0.1, -0.05) is 23.2 Å². The van der Waals surface area contributed by atoms with Crippen LogP contribution in [0.5, 0.6) is 5.75 Å². The van der Waals surface area contributed by atoms with Gasteiger partial charge in [0.1, 0.15) is 10.8 Å². The second-order valence-corrected chi connectivity index (χ2v) is 6.36. The van der Waals surface area contributed by atoms with Crippen LogP contribution in [0.25, 0.3) is 6.08 Å². The average Bonchev–Trinajstić information content (AvgIpc) is 2.98. The van der Waals surface area contributed by atoms with E-state index in [9.17, 15) is 18.0 Å². The summed E-state index contributed by atoms with van der Waals surface area (Å²) in [6.07, 6.45) is -4.69. The number of carbonyl (C=O) groups is 1. The Morgan fingerprint density at radius 2 is 1.92 bits per heavy atom. The summed E-state index contributed by atoms with van der Waals surface area (Å²) in [5.41, 5.74) is -0.371. The molecule has 9 heteroatoms. The third kappa shape index (κ3) is 2.91. The van der Waals surface area contributed by atoms with Gasteiger partial charge in [0.25, 0.3) is 0 Å². The number of rotatable bonds is 2. The average molecular weight is 382 g/mol. The Morgan fingerprint density at radius 3 is 2.46 bits per heavy atom. The highest BCUT2D eigenvalue weighted by Gasteiger charge is 2.49. The fourth-order valence-corrected chi connectivity index (χ4v) is 3.66. The number of halogens is 5. The smallest absolute Gasteiger partial charge is 0.430 e. The molecule has 0 aromatic heterocycles. The third-order valence-electron chi connectivity index (χ3n) is 3.97. The van der Waals surface area contributed by atoms with Crippen molar-refractivity contribution >= 4 is 40.9 Å². The second kappa shape index (κ2) is 6.04. The highest BCUT2D eigenvalue weighted by molar-refractivity contribution is 6.40. The summed E-state index contributed by atoms with van der Waals surface area (Å²) in [5, 5.41) is 9.25. The molecule has 2 aliphatic rings. The molecule has 1 N–H and O–H groups in total. The van der Waals surface area contributed by atoms with Crippen molar-refractivity contribution < 1.29 is 27.8 Å². The van der Waals surface area contributed by atoms with Gasteiger partial charge >= 0.3 is 12.1 Å². The van der Waals surface area contributed by atoms with Gasteiger partial charge in [0, 0.05) is 18.7 Å². The van der Waals surface area contributed by atoms with Crippen LogP contribution in [0, 0.1) is 0 Å². The molecule has 2 heterocycles. The largest absolute Gasteiger partial charge is 0.478 e. The minimum Gasteiger partial charge on any atom is -0.478 e. The van der Waals surface area contributed by atoms with Crippen molar-refractivity contribution in [2.24, 2.45) is 0 Å². The second-order valence-electron chi connectivity index (χ2n) is 5.58. The van der Waals surface area contributed by atoms with Gasteiger partial charge in [0.2, 0.25) is 6.10 Å². The molecule has 1 saturated heterocycles. The lowest BCUT2D eigenvalue weighted by molar-refractivity contribution is -0.187. The molecular weight excluding hydrogens is 370 g/mol. The van der Waals surface area contributed by atoms with E-state index in [2.05, 4.69) is 0 Å². The van der Waals surface area contributed by atoms with E-state index in [1.165, 1.54) is 6.07 Å². The van der Waals surface area contributed by atoms with Crippen LogP contribution >= 0.6 is 23.2 Å². The van der Waals surface area contributed by atoms with Crippen LogP contribution in [0.15, 0.2) is 11.6 Å². The van der Waals surface area contributed by atoms with Crippen LogP contribution in [0.2, 0.25) is 10.0 Å². The zero-order chi connectivity index (χ0) is 17.6. The normalized spacial score (nSPS) is 20.5. The zero-order valence-electron chi connectivity index (χ0n) is 12.2. The van der Waals surface area contributed by atoms with Crippen LogP contribution in [0.4, 0.5) is 18.9 Å². The first-order valence-electron chi connectivity index (χ1n) is 7.15. The molecular formula is C15H12Cl2F3NO3. The molecule has 24 heavy (non-hydrogen) atoms. The Hall–Kier alpha value is -1.60. The zero-order valence-corrected chi connectivity index (χ0v) is 13.7. The molecule has 1 unspecified atom stereocenters. The summed E-state index contributed by atoms with van der Waals surface area (Å²) < 4.78 is 44.4. The first-order chi connectivity index (χ1) is 11.2. The Balaban J connectivity index is 2.14. The van der Waals surface area contributed by atoms with Crippen molar-refractivity contribution in [3.63, 3.8) is 0 Å². The fourth-order valence-electron chi connectivity index (χ4n) is 2.91. The van der Waals surface area contributed by atoms with Crippen LogP contribution in [0.3, 0.4) is 0 Å². The SMILES string of the molecule is O=C(O)C1=Cc2cc(Cl)c(N3CCCC3)c(Cl)c2OC1C(F)(F)F. The van der Waals surface area contributed by atoms with Crippen molar-refractivity contribution in [3.05, 3.63) is 27.2 Å². The lowest BCUT2D eigenvalue weighted by Crippen LogP contribution is -2.40. The van der Waals surface area contributed by atoms with Gasteiger partial charge in [0.05, 0.1) is 16.3 Å². The molecule has 2 aliphatic heterocycles. The topological polar surface area (TPSA) is 49.8 Å². The number of benzene rings is 1. The number of alkyl halides is 3. The Bertz CT molecular complexity index is 728. The van der Waals surface area contributed by atoms with Crippen LogP contribution in [-0.2, 0) is 4.79 Å². The number of hydrogen-bond acceptors (Lipinski definition) is 3. The summed E-state index contributed by atoms with van der Waals surface area (Å²) in [6, 6.07) is 1.38. The van der Waals surface area contributed by atoms with Crippen molar-refractivity contribution in [2.45, 2.75) is 25.1 Å². The van der Waals surface area contributed by atoms with E-state index in [-0.39, 0.29) is 21.4 Å². The highest BCUT2D eigenvalue weighted by Crippen LogP contribution is 2.48. The van der Waals surface area contributed by atoms with Gasteiger partial charge in [-0.2, -0.15) is 13.2 Å². The number of ether oxygens (including phenoxy) is 1. The van der Waals surface area contributed by atoms with Crippen molar-refractivity contribution in [3.8, 4) is 5.75 Å². The number of aliphatic carboxylic acids is 1. The predicted octanol–water partition coefficient (Wildman–Crippen LogP) is 4.38. The third-order valence-corrected chi connectivity index (χ3v) is 4.61. The molecule has 4 nitrogen and oxygen atoms in total. The van der Waals surface area contributed by atoms with E-state index in [0.29, 0.717) is 18.8 Å². The van der Waals surface area contributed by atoms with Crippen LogP contribution in [-0.4, -0.2) is 36.4 Å².